The molecule has 100 valence electrons. The normalized spacial score (nSPS) is 11.1. The Bertz CT molecular complexity index is 604. The minimum atomic E-state index is 0.195. The van der Waals surface area contributed by atoms with E-state index in [1.165, 1.54) is 0 Å². The van der Waals surface area contributed by atoms with E-state index in [9.17, 15) is 0 Å². The van der Waals surface area contributed by atoms with E-state index < -0.39 is 0 Å². The molecule has 1 heterocycles. The Balaban J connectivity index is 2.58. The molecule has 1 aromatic heterocycles. The van der Waals surface area contributed by atoms with Crippen LogP contribution >= 0.6 is 39.1 Å². The zero-order chi connectivity index (χ0) is 14.2. The third-order valence-electron chi connectivity index (χ3n) is 2.86. The number of nitrogens with zero attached hydrogens (tertiary/aromatic N) is 2. The SMILES string of the molecule is Cc1cc(Br)ccc1-c1nc(Cl)c(C(C)C)c(Cl)n1. The average Bonchev–Trinajstić information content (AvgIpc) is 2.26. The lowest BCUT2D eigenvalue weighted by Crippen LogP contribution is -2.00. The molecule has 0 saturated heterocycles. The minimum Gasteiger partial charge on any atom is -0.216 e. The third-order valence-corrected chi connectivity index (χ3v) is 3.93. The molecule has 0 bridgehead atoms. The number of benzene rings is 1. The van der Waals surface area contributed by atoms with Crippen LogP contribution < -0.4 is 0 Å². The molecular weight excluding hydrogens is 347 g/mol. The van der Waals surface area contributed by atoms with Crippen molar-refractivity contribution < 1.29 is 0 Å². The summed E-state index contributed by atoms with van der Waals surface area (Å²) < 4.78 is 1.02. The van der Waals surface area contributed by atoms with Crippen LogP contribution in [0.4, 0.5) is 0 Å². The molecule has 0 atom stereocenters. The van der Waals surface area contributed by atoms with Gasteiger partial charge in [0.2, 0.25) is 0 Å². The molecular formula is C14H13BrCl2N2. The predicted octanol–water partition coefficient (Wildman–Crippen LogP) is 5.64. The monoisotopic (exact) mass is 358 g/mol. The van der Waals surface area contributed by atoms with E-state index in [-0.39, 0.29) is 5.92 Å². The van der Waals surface area contributed by atoms with Crippen LogP contribution in [-0.2, 0) is 0 Å². The number of hydrogen-bond donors (Lipinski definition) is 0. The number of halogens is 3. The van der Waals surface area contributed by atoms with Gasteiger partial charge in [0.15, 0.2) is 5.82 Å². The molecule has 0 fully saturated rings. The molecule has 0 radical (unpaired) electrons. The van der Waals surface area contributed by atoms with Crippen molar-refractivity contribution in [1.82, 2.24) is 9.97 Å². The van der Waals surface area contributed by atoms with Crippen LogP contribution in [0.2, 0.25) is 10.3 Å². The molecule has 0 unspecified atom stereocenters. The largest absolute Gasteiger partial charge is 0.216 e. The Morgan fingerprint density at radius 3 is 2.16 bits per heavy atom. The summed E-state index contributed by atoms with van der Waals surface area (Å²) >= 11 is 15.9. The molecule has 5 heteroatoms. The van der Waals surface area contributed by atoms with E-state index in [1.807, 2.05) is 39.0 Å². The highest BCUT2D eigenvalue weighted by atomic mass is 79.9. The maximum absolute atomic E-state index is 6.22. The standard InChI is InChI=1S/C14H13BrCl2N2/c1-7(2)11-12(16)18-14(19-13(11)17)10-5-4-9(15)6-8(10)3/h4-7H,1-3H3. The van der Waals surface area contributed by atoms with Crippen molar-refractivity contribution in [2.45, 2.75) is 26.7 Å². The van der Waals surface area contributed by atoms with Crippen LogP contribution in [0.25, 0.3) is 11.4 Å². The number of aryl methyl sites for hydroxylation is 1. The molecule has 2 nitrogen and oxygen atoms in total. The fraction of sp³-hybridized carbons (Fsp3) is 0.286. The van der Waals surface area contributed by atoms with Crippen LogP contribution in [0.1, 0.15) is 30.9 Å². The average molecular weight is 360 g/mol. The second-order valence-electron chi connectivity index (χ2n) is 4.66. The summed E-state index contributed by atoms with van der Waals surface area (Å²) in [6, 6.07) is 5.91. The van der Waals surface area contributed by atoms with E-state index >= 15 is 0 Å². The fourth-order valence-electron chi connectivity index (χ4n) is 1.89. The van der Waals surface area contributed by atoms with E-state index in [1.54, 1.807) is 0 Å². The van der Waals surface area contributed by atoms with E-state index in [4.69, 9.17) is 23.2 Å². The summed E-state index contributed by atoms with van der Waals surface area (Å²) in [5.74, 6) is 0.754. The van der Waals surface area contributed by atoms with Crippen molar-refractivity contribution in [3.05, 3.63) is 44.1 Å². The van der Waals surface area contributed by atoms with Gasteiger partial charge in [0, 0.05) is 15.6 Å². The van der Waals surface area contributed by atoms with Gasteiger partial charge < -0.3 is 0 Å². The summed E-state index contributed by atoms with van der Waals surface area (Å²) in [6.07, 6.45) is 0. The lowest BCUT2D eigenvalue weighted by molar-refractivity contribution is 0.848. The highest BCUT2D eigenvalue weighted by molar-refractivity contribution is 9.10. The Morgan fingerprint density at radius 1 is 1.11 bits per heavy atom. The van der Waals surface area contributed by atoms with Gasteiger partial charge in [-0.05, 0) is 36.6 Å². The van der Waals surface area contributed by atoms with Crippen molar-refractivity contribution >= 4 is 39.1 Å². The second-order valence-corrected chi connectivity index (χ2v) is 6.29. The first-order chi connectivity index (χ1) is 8.90. The Labute approximate surface area is 131 Å². The molecule has 0 saturated carbocycles. The van der Waals surface area contributed by atoms with Gasteiger partial charge in [0.25, 0.3) is 0 Å². The first-order valence-corrected chi connectivity index (χ1v) is 7.44. The summed E-state index contributed by atoms with van der Waals surface area (Å²) in [5, 5.41) is 0.847. The van der Waals surface area contributed by atoms with Crippen LogP contribution in [0.3, 0.4) is 0 Å². The Hall–Kier alpha value is -0.640. The topological polar surface area (TPSA) is 25.8 Å². The lowest BCUT2D eigenvalue weighted by Gasteiger charge is -2.12. The summed E-state index contributed by atoms with van der Waals surface area (Å²) in [7, 11) is 0. The summed E-state index contributed by atoms with van der Waals surface area (Å²) in [5.41, 5.74) is 2.79. The first kappa shape index (κ1) is 14.8. The van der Waals surface area contributed by atoms with Crippen molar-refractivity contribution in [2.75, 3.05) is 0 Å². The van der Waals surface area contributed by atoms with Gasteiger partial charge in [-0.25, -0.2) is 9.97 Å². The lowest BCUT2D eigenvalue weighted by atomic mass is 10.1. The van der Waals surface area contributed by atoms with Gasteiger partial charge in [-0.15, -0.1) is 0 Å². The maximum atomic E-state index is 6.22. The molecule has 2 rings (SSSR count). The van der Waals surface area contributed by atoms with E-state index in [0.29, 0.717) is 16.1 Å². The van der Waals surface area contributed by atoms with Gasteiger partial charge in [-0.3, -0.25) is 0 Å². The predicted molar refractivity (Wildman–Crippen MR) is 84.0 cm³/mol. The van der Waals surface area contributed by atoms with Crippen LogP contribution in [0.15, 0.2) is 22.7 Å². The zero-order valence-corrected chi connectivity index (χ0v) is 13.9. The molecule has 19 heavy (non-hydrogen) atoms. The molecule has 0 N–H and O–H groups in total. The minimum absolute atomic E-state index is 0.195. The van der Waals surface area contributed by atoms with Crippen LogP contribution in [-0.4, -0.2) is 9.97 Å². The summed E-state index contributed by atoms with van der Waals surface area (Å²) in [4.78, 5) is 8.74. The van der Waals surface area contributed by atoms with Crippen molar-refractivity contribution in [3.8, 4) is 11.4 Å². The molecule has 0 spiro atoms. The zero-order valence-electron chi connectivity index (χ0n) is 10.8. The quantitative estimate of drug-likeness (QED) is 0.648. The summed E-state index contributed by atoms with van der Waals surface area (Å²) in [6.45, 7) is 6.03. The molecule has 0 amide bonds. The molecule has 0 aliphatic rings. The number of rotatable bonds is 2. The maximum Gasteiger partial charge on any atom is 0.162 e. The van der Waals surface area contributed by atoms with Gasteiger partial charge in [-0.1, -0.05) is 53.0 Å². The van der Waals surface area contributed by atoms with Gasteiger partial charge in [0.1, 0.15) is 10.3 Å². The van der Waals surface area contributed by atoms with Crippen molar-refractivity contribution in [3.63, 3.8) is 0 Å². The van der Waals surface area contributed by atoms with Gasteiger partial charge >= 0.3 is 0 Å². The number of hydrogen-bond acceptors (Lipinski definition) is 2. The first-order valence-electron chi connectivity index (χ1n) is 5.89. The Morgan fingerprint density at radius 2 is 1.68 bits per heavy atom. The van der Waals surface area contributed by atoms with Crippen LogP contribution in [0.5, 0.6) is 0 Å². The van der Waals surface area contributed by atoms with Crippen molar-refractivity contribution in [1.29, 1.82) is 0 Å². The second kappa shape index (κ2) is 5.78. The molecule has 0 aliphatic heterocycles. The fourth-order valence-corrected chi connectivity index (χ4v) is 3.19. The molecule has 2 aromatic rings. The highest BCUT2D eigenvalue weighted by Gasteiger charge is 2.16. The number of aromatic nitrogens is 2. The van der Waals surface area contributed by atoms with Gasteiger partial charge in [0.05, 0.1) is 0 Å². The highest BCUT2D eigenvalue weighted by Crippen LogP contribution is 2.32. The van der Waals surface area contributed by atoms with Gasteiger partial charge in [-0.2, -0.15) is 0 Å². The van der Waals surface area contributed by atoms with E-state index in [0.717, 1.165) is 21.2 Å². The van der Waals surface area contributed by atoms with E-state index in [2.05, 4.69) is 25.9 Å². The smallest absolute Gasteiger partial charge is 0.162 e. The third kappa shape index (κ3) is 3.10. The van der Waals surface area contributed by atoms with Crippen molar-refractivity contribution in [2.24, 2.45) is 0 Å². The Kier molecular flexibility index (Phi) is 4.49. The molecule has 1 aromatic carbocycles. The van der Waals surface area contributed by atoms with Crippen LogP contribution in [0, 0.1) is 6.92 Å². The molecule has 0 aliphatic carbocycles.